The average molecular weight is 209 g/mol. The molecule has 0 saturated heterocycles. The van der Waals surface area contributed by atoms with E-state index >= 15 is 0 Å². The molecule has 0 aromatic rings. The van der Waals surface area contributed by atoms with Crippen molar-refractivity contribution in [3.05, 3.63) is 11.6 Å². The van der Waals surface area contributed by atoms with Crippen LogP contribution in [0.2, 0.25) is 0 Å². The Bertz CT molecular complexity index is 243. The number of hydrogen-bond acceptors (Lipinski definition) is 1. The van der Waals surface area contributed by atoms with Gasteiger partial charge >= 0.3 is 5.97 Å². The predicted molar refractivity (Wildman–Crippen MR) is 48.5 cm³/mol. The second kappa shape index (κ2) is 2.93. The Morgan fingerprint density at radius 2 is 2.17 bits per heavy atom. The number of hydrogen-bond donors (Lipinski definition) is 1. The van der Waals surface area contributed by atoms with Crippen molar-refractivity contribution < 1.29 is 9.90 Å². The standard InChI is InChI=1S/C8H10Cl2O2/c1-8(2)4(3-5(9)10)6(8)7(11)12/h3,5-6H,1-2H3,(H,11,12)/b4-3+. The number of alkyl halides is 2. The van der Waals surface area contributed by atoms with Gasteiger partial charge in [-0.3, -0.25) is 4.79 Å². The second-order valence-electron chi connectivity index (χ2n) is 3.45. The van der Waals surface area contributed by atoms with Gasteiger partial charge in [-0.05, 0) is 5.57 Å². The van der Waals surface area contributed by atoms with Crippen molar-refractivity contribution in [1.29, 1.82) is 0 Å². The van der Waals surface area contributed by atoms with E-state index in [4.69, 9.17) is 28.3 Å². The van der Waals surface area contributed by atoms with E-state index in [1.807, 2.05) is 13.8 Å². The van der Waals surface area contributed by atoms with Gasteiger partial charge < -0.3 is 5.11 Å². The average Bonchev–Trinajstić information content (AvgIpc) is 2.32. The zero-order valence-electron chi connectivity index (χ0n) is 6.84. The summed E-state index contributed by atoms with van der Waals surface area (Å²) >= 11 is 11.0. The fourth-order valence-corrected chi connectivity index (χ4v) is 1.74. The molecule has 1 atom stereocenters. The maximum absolute atomic E-state index is 10.6. The van der Waals surface area contributed by atoms with Gasteiger partial charge in [0.05, 0.1) is 5.92 Å². The first kappa shape index (κ1) is 9.87. The van der Waals surface area contributed by atoms with Crippen molar-refractivity contribution >= 4 is 29.2 Å². The van der Waals surface area contributed by atoms with Crippen molar-refractivity contribution in [2.24, 2.45) is 11.3 Å². The molecule has 4 heteroatoms. The van der Waals surface area contributed by atoms with E-state index in [0.717, 1.165) is 5.57 Å². The zero-order valence-corrected chi connectivity index (χ0v) is 8.36. The largest absolute Gasteiger partial charge is 0.481 e. The minimum Gasteiger partial charge on any atom is -0.481 e. The highest BCUT2D eigenvalue weighted by molar-refractivity contribution is 6.45. The fourth-order valence-electron chi connectivity index (χ4n) is 1.47. The number of aliphatic carboxylic acids is 1. The molecule has 0 radical (unpaired) electrons. The Morgan fingerprint density at radius 3 is 2.42 bits per heavy atom. The molecule has 1 fully saturated rings. The Balaban J connectivity index is 2.79. The fraction of sp³-hybridized carbons (Fsp3) is 0.625. The predicted octanol–water partition coefficient (Wildman–Crippen LogP) is 2.46. The Morgan fingerprint density at radius 1 is 1.67 bits per heavy atom. The highest BCUT2D eigenvalue weighted by Gasteiger charge is 2.57. The first-order valence-electron chi connectivity index (χ1n) is 3.60. The topological polar surface area (TPSA) is 37.3 Å². The lowest BCUT2D eigenvalue weighted by Gasteiger charge is -1.94. The molecule has 0 amide bonds. The molecule has 0 aromatic carbocycles. The number of carboxylic acid groups (broad SMARTS) is 1. The van der Waals surface area contributed by atoms with Gasteiger partial charge in [-0.1, -0.05) is 19.9 Å². The van der Waals surface area contributed by atoms with Crippen molar-refractivity contribution in [3.8, 4) is 0 Å². The van der Waals surface area contributed by atoms with Gasteiger partial charge in [-0.25, -0.2) is 0 Å². The lowest BCUT2D eigenvalue weighted by molar-refractivity contribution is -0.139. The van der Waals surface area contributed by atoms with Crippen LogP contribution in [0.3, 0.4) is 0 Å². The van der Waals surface area contributed by atoms with E-state index < -0.39 is 16.7 Å². The molecule has 0 bridgehead atoms. The Hall–Kier alpha value is -0.210. The van der Waals surface area contributed by atoms with E-state index in [-0.39, 0.29) is 5.41 Å². The monoisotopic (exact) mass is 208 g/mol. The molecule has 1 saturated carbocycles. The minimum absolute atomic E-state index is 0.270. The van der Waals surface area contributed by atoms with Crippen LogP contribution in [0.25, 0.3) is 0 Å². The molecule has 2 nitrogen and oxygen atoms in total. The summed E-state index contributed by atoms with van der Waals surface area (Å²) in [7, 11) is 0. The molecule has 12 heavy (non-hydrogen) atoms. The lowest BCUT2D eigenvalue weighted by atomic mass is 10.1. The number of allylic oxidation sites excluding steroid dienone is 1. The summed E-state index contributed by atoms with van der Waals surface area (Å²) < 4.78 is 0. The van der Waals surface area contributed by atoms with Gasteiger partial charge in [-0.2, -0.15) is 0 Å². The maximum atomic E-state index is 10.6. The summed E-state index contributed by atoms with van der Waals surface area (Å²) in [5.41, 5.74) is 0.554. The van der Waals surface area contributed by atoms with Gasteiger partial charge in [-0.15, -0.1) is 23.2 Å². The molecule has 1 rings (SSSR count). The Labute approximate surface area is 81.2 Å². The number of carbonyl (C=O) groups is 1. The van der Waals surface area contributed by atoms with E-state index in [2.05, 4.69) is 0 Å². The van der Waals surface area contributed by atoms with Crippen LogP contribution in [-0.2, 0) is 4.79 Å². The van der Waals surface area contributed by atoms with E-state index in [0.29, 0.717) is 0 Å². The van der Waals surface area contributed by atoms with Gasteiger partial charge in [0.1, 0.15) is 4.84 Å². The van der Waals surface area contributed by atoms with Crippen LogP contribution in [-0.4, -0.2) is 15.9 Å². The molecule has 1 N–H and O–H groups in total. The maximum Gasteiger partial charge on any atom is 0.311 e. The van der Waals surface area contributed by atoms with Crippen molar-refractivity contribution in [2.75, 3.05) is 0 Å². The summed E-state index contributed by atoms with van der Waals surface area (Å²) in [6.07, 6.45) is 1.60. The van der Waals surface area contributed by atoms with Crippen LogP contribution in [0.1, 0.15) is 13.8 Å². The molecule has 0 aliphatic heterocycles. The molecule has 1 aliphatic rings. The third kappa shape index (κ3) is 1.59. The first-order chi connectivity index (χ1) is 5.37. The number of carboxylic acids is 1. The molecule has 1 aliphatic carbocycles. The van der Waals surface area contributed by atoms with Crippen LogP contribution in [0.5, 0.6) is 0 Å². The van der Waals surface area contributed by atoms with Crippen LogP contribution >= 0.6 is 23.2 Å². The molecule has 68 valence electrons. The van der Waals surface area contributed by atoms with E-state index in [9.17, 15) is 4.79 Å². The quantitative estimate of drug-likeness (QED) is 0.560. The number of halogens is 2. The van der Waals surface area contributed by atoms with Crippen LogP contribution < -0.4 is 0 Å². The molecule has 0 aromatic heterocycles. The van der Waals surface area contributed by atoms with E-state index in [1.165, 1.54) is 0 Å². The van der Waals surface area contributed by atoms with Crippen LogP contribution in [0.4, 0.5) is 0 Å². The van der Waals surface area contributed by atoms with Gasteiger partial charge in [0.25, 0.3) is 0 Å². The summed E-state index contributed by atoms with van der Waals surface area (Å²) in [4.78, 5) is 10.0. The summed E-state index contributed by atoms with van der Waals surface area (Å²) in [6, 6.07) is 0. The molecule has 0 spiro atoms. The lowest BCUT2D eigenvalue weighted by Crippen LogP contribution is -2.02. The number of rotatable bonds is 2. The third-order valence-corrected chi connectivity index (χ3v) is 2.50. The van der Waals surface area contributed by atoms with Gasteiger partial charge in [0, 0.05) is 5.41 Å². The van der Waals surface area contributed by atoms with Gasteiger partial charge in [0.15, 0.2) is 0 Å². The molecular weight excluding hydrogens is 199 g/mol. The second-order valence-corrected chi connectivity index (χ2v) is 4.61. The Kier molecular flexibility index (Phi) is 2.41. The summed E-state index contributed by atoms with van der Waals surface area (Å²) in [5.74, 6) is -1.21. The van der Waals surface area contributed by atoms with Gasteiger partial charge in [0.2, 0.25) is 0 Å². The SMILES string of the molecule is CC1(C)/C(=C/C(Cl)Cl)C1C(=O)O. The first-order valence-corrected chi connectivity index (χ1v) is 4.48. The third-order valence-electron chi connectivity index (χ3n) is 2.25. The highest BCUT2D eigenvalue weighted by atomic mass is 35.5. The smallest absolute Gasteiger partial charge is 0.311 e. The summed E-state index contributed by atoms with van der Waals surface area (Å²) in [5, 5.41) is 8.75. The minimum atomic E-state index is -0.805. The van der Waals surface area contributed by atoms with Crippen LogP contribution in [0.15, 0.2) is 11.6 Å². The van der Waals surface area contributed by atoms with E-state index in [1.54, 1.807) is 6.08 Å². The zero-order chi connectivity index (χ0) is 9.52. The van der Waals surface area contributed by atoms with Crippen molar-refractivity contribution in [1.82, 2.24) is 0 Å². The van der Waals surface area contributed by atoms with Crippen LogP contribution in [0, 0.1) is 11.3 Å². The summed E-state index contributed by atoms with van der Waals surface area (Å²) in [6.45, 7) is 3.74. The molecular formula is C8H10Cl2O2. The van der Waals surface area contributed by atoms with Crippen molar-refractivity contribution in [3.63, 3.8) is 0 Å². The van der Waals surface area contributed by atoms with Crippen molar-refractivity contribution in [2.45, 2.75) is 18.7 Å². The normalized spacial score (nSPS) is 29.4. The molecule has 1 unspecified atom stereocenters. The molecule has 0 heterocycles. The highest BCUT2D eigenvalue weighted by Crippen LogP contribution is 2.58.